The Kier molecular flexibility index (Phi) is 14.3. The molecule has 0 saturated heterocycles. The molecule has 1 heterocycles. The van der Waals surface area contributed by atoms with E-state index in [0.29, 0.717) is 66.1 Å². The number of fused-ring (bicyclic) bond motifs is 1. The predicted octanol–water partition coefficient (Wildman–Crippen LogP) is 6.04. The lowest BCUT2D eigenvalue weighted by molar-refractivity contribution is 0.0338. The van der Waals surface area contributed by atoms with Crippen molar-refractivity contribution in [1.29, 1.82) is 0 Å². The number of aliphatic hydroxyl groups is 1. The van der Waals surface area contributed by atoms with E-state index in [0.717, 1.165) is 33.9 Å². The molecule has 15 nitrogen and oxygen atoms in total. The first-order valence-corrected chi connectivity index (χ1v) is 20.4. The average Bonchev–Trinajstić information content (AvgIpc) is 3.17. The number of nitrogens with zero attached hydrogens (tertiary/aromatic N) is 2. The molecule has 0 atom stereocenters. The summed E-state index contributed by atoms with van der Waals surface area (Å²) < 4.78 is 48.5. The highest BCUT2D eigenvalue weighted by atomic mass is 32.2. The number of rotatable bonds is 18. The van der Waals surface area contributed by atoms with Gasteiger partial charge in [0, 0.05) is 35.4 Å². The van der Waals surface area contributed by atoms with Crippen molar-refractivity contribution in [2.24, 2.45) is 0 Å². The second-order valence-corrected chi connectivity index (χ2v) is 16.2. The molecular formula is C42H50N6O9S. The van der Waals surface area contributed by atoms with E-state index < -0.39 is 15.9 Å². The number of sulfonamides is 1. The second kappa shape index (κ2) is 19.1. The molecule has 5 aromatic rings. The molecule has 0 aliphatic rings. The zero-order valence-corrected chi connectivity index (χ0v) is 34.5. The number of amides is 2. The Hall–Kier alpha value is -5.81. The van der Waals surface area contributed by atoms with Crippen LogP contribution in [0.25, 0.3) is 22.0 Å². The van der Waals surface area contributed by atoms with Gasteiger partial charge in [0.15, 0.2) is 5.75 Å². The highest BCUT2D eigenvalue weighted by Gasteiger charge is 2.23. The lowest BCUT2D eigenvalue weighted by Gasteiger charge is -2.24. The van der Waals surface area contributed by atoms with Gasteiger partial charge in [-0.3, -0.25) is 14.3 Å². The number of aliphatic hydroxyl groups excluding tert-OH is 1. The fourth-order valence-electron chi connectivity index (χ4n) is 5.98. The highest BCUT2D eigenvalue weighted by molar-refractivity contribution is 7.92. The molecule has 0 aliphatic carbocycles. The van der Waals surface area contributed by atoms with Crippen molar-refractivity contribution in [3.05, 3.63) is 95.2 Å². The third-order valence-corrected chi connectivity index (χ3v) is 9.53. The number of aryl methyl sites for hydroxylation is 1. The zero-order valence-electron chi connectivity index (χ0n) is 33.7. The molecule has 0 aliphatic heterocycles. The molecule has 0 saturated carbocycles. The van der Waals surface area contributed by atoms with Crippen molar-refractivity contribution < 1.29 is 42.1 Å². The Labute approximate surface area is 338 Å². The fraction of sp³-hybridized carbons (Fsp3) is 0.333. The molecule has 0 fully saturated rings. The number of methoxy groups -OCH3 is 2. The van der Waals surface area contributed by atoms with Gasteiger partial charge < -0.3 is 40.0 Å². The number of anilines is 4. The van der Waals surface area contributed by atoms with Gasteiger partial charge in [-0.25, -0.2) is 18.4 Å². The maximum Gasteiger partial charge on any atom is 0.255 e. The van der Waals surface area contributed by atoms with Crippen LogP contribution in [0.1, 0.15) is 52.6 Å². The maximum atomic E-state index is 13.8. The van der Waals surface area contributed by atoms with Gasteiger partial charge in [0.25, 0.3) is 11.8 Å². The molecule has 5 N–H and O–H groups in total. The summed E-state index contributed by atoms with van der Waals surface area (Å²) in [4.78, 5) is 35.8. The van der Waals surface area contributed by atoms with Crippen LogP contribution in [0.5, 0.6) is 11.5 Å². The van der Waals surface area contributed by atoms with Gasteiger partial charge in [0.1, 0.15) is 5.75 Å². The van der Waals surface area contributed by atoms with E-state index in [1.165, 1.54) is 14.2 Å². The number of aromatic nitrogens is 2. The number of carbonyl (C=O) groups is 2. The Morgan fingerprint density at radius 1 is 0.845 bits per heavy atom. The zero-order chi connectivity index (χ0) is 42.0. The lowest BCUT2D eigenvalue weighted by atomic mass is 9.86. The van der Waals surface area contributed by atoms with Crippen LogP contribution in [0.3, 0.4) is 0 Å². The van der Waals surface area contributed by atoms with Crippen LogP contribution in [0.2, 0.25) is 0 Å². The Bertz CT molecular complexity index is 2380. The Balaban J connectivity index is 1.30. The SMILES string of the molecule is COc1cc(Nc2ncc3cc(-c4cc(C(=O)Nc5cc(C(C)(C)C)cc(NS(C)(=O)=O)c5OC)ccc4C)ccc3n2)ccc1C(=O)NCCOCCOCCO. The summed E-state index contributed by atoms with van der Waals surface area (Å²) in [5, 5.41) is 18.4. The number of ether oxygens (including phenoxy) is 4. The molecule has 16 heteroatoms. The van der Waals surface area contributed by atoms with E-state index in [1.54, 1.807) is 42.6 Å². The van der Waals surface area contributed by atoms with Crippen molar-refractivity contribution in [3.63, 3.8) is 0 Å². The van der Waals surface area contributed by atoms with Crippen LogP contribution in [0, 0.1) is 6.92 Å². The minimum absolute atomic E-state index is 0.0440. The first kappa shape index (κ1) is 43.3. The van der Waals surface area contributed by atoms with E-state index in [-0.39, 0.29) is 36.0 Å². The summed E-state index contributed by atoms with van der Waals surface area (Å²) in [5.41, 5.74) is 5.67. The highest BCUT2D eigenvalue weighted by Crippen LogP contribution is 2.39. The number of hydrogen-bond donors (Lipinski definition) is 5. The summed E-state index contributed by atoms with van der Waals surface area (Å²) >= 11 is 0. The number of carbonyl (C=O) groups excluding carboxylic acids is 2. The largest absolute Gasteiger partial charge is 0.496 e. The summed E-state index contributed by atoms with van der Waals surface area (Å²) in [6, 6.07) is 19.7. The summed E-state index contributed by atoms with van der Waals surface area (Å²) in [6.07, 6.45) is 2.76. The standard InChI is InChI=1S/C42H50N6O9S/c1-26-8-9-28(39(50)46-35-22-30(42(2,3)4)23-36(38(35)55-6)48-58(7,52)53)21-33(26)27-10-13-34-29(20-27)25-44-41(47-34)45-31-11-12-32(37(24-31)54-5)40(51)43-14-16-56-18-19-57-17-15-49/h8-13,20-25,48-49H,14-19H2,1-7H3,(H,43,51)(H,46,50)(H,44,45,47). The van der Waals surface area contributed by atoms with E-state index >= 15 is 0 Å². The quantitative estimate of drug-likeness (QED) is 0.0644. The van der Waals surface area contributed by atoms with Gasteiger partial charge >= 0.3 is 0 Å². The van der Waals surface area contributed by atoms with Gasteiger partial charge in [-0.15, -0.1) is 0 Å². The Morgan fingerprint density at radius 3 is 2.28 bits per heavy atom. The van der Waals surface area contributed by atoms with E-state index in [2.05, 4.69) is 30.6 Å². The topological polar surface area (TPSA) is 199 Å². The summed E-state index contributed by atoms with van der Waals surface area (Å²) in [5.74, 6) is 0.188. The molecule has 0 unspecified atom stereocenters. The van der Waals surface area contributed by atoms with Crippen LogP contribution in [-0.4, -0.2) is 95.4 Å². The van der Waals surface area contributed by atoms with Crippen LogP contribution in [0.15, 0.2) is 72.9 Å². The Morgan fingerprint density at radius 2 is 1.59 bits per heavy atom. The van der Waals surface area contributed by atoms with Crippen LogP contribution >= 0.6 is 0 Å². The molecule has 308 valence electrons. The first-order chi connectivity index (χ1) is 27.6. The monoisotopic (exact) mass is 814 g/mol. The normalized spacial score (nSPS) is 11.6. The van der Waals surface area contributed by atoms with E-state index in [4.69, 9.17) is 24.1 Å². The van der Waals surface area contributed by atoms with Crippen molar-refractivity contribution in [1.82, 2.24) is 15.3 Å². The third-order valence-electron chi connectivity index (χ3n) is 8.94. The van der Waals surface area contributed by atoms with Gasteiger partial charge in [-0.2, -0.15) is 0 Å². The van der Waals surface area contributed by atoms with Crippen molar-refractivity contribution >= 4 is 55.8 Å². The van der Waals surface area contributed by atoms with Crippen molar-refractivity contribution in [2.45, 2.75) is 33.1 Å². The molecule has 5 rings (SSSR count). The average molecular weight is 815 g/mol. The van der Waals surface area contributed by atoms with Crippen LogP contribution in [-0.2, 0) is 24.9 Å². The summed E-state index contributed by atoms with van der Waals surface area (Å²) in [6.45, 7) is 9.46. The minimum atomic E-state index is -3.64. The molecule has 2 amide bonds. The van der Waals surface area contributed by atoms with Crippen LogP contribution < -0.4 is 30.1 Å². The first-order valence-electron chi connectivity index (χ1n) is 18.5. The van der Waals surface area contributed by atoms with Crippen molar-refractivity contribution in [3.8, 4) is 22.6 Å². The van der Waals surface area contributed by atoms with Crippen molar-refractivity contribution in [2.75, 3.05) is 75.4 Å². The molecule has 0 radical (unpaired) electrons. The number of benzene rings is 4. The van der Waals surface area contributed by atoms with Gasteiger partial charge in [-0.1, -0.05) is 32.9 Å². The lowest BCUT2D eigenvalue weighted by Crippen LogP contribution is -2.28. The smallest absolute Gasteiger partial charge is 0.255 e. The summed E-state index contributed by atoms with van der Waals surface area (Å²) in [7, 11) is -0.735. The maximum absolute atomic E-state index is 13.8. The number of hydrogen-bond acceptors (Lipinski definition) is 12. The second-order valence-electron chi connectivity index (χ2n) is 14.4. The third kappa shape index (κ3) is 11.4. The van der Waals surface area contributed by atoms with Gasteiger partial charge in [0.2, 0.25) is 16.0 Å². The van der Waals surface area contributed by atoms with Gasteiger partial charge in [-0.05, 0) is 83.1 Å². The molecule has 0 spiro atoms. The molecular weight excluding hydrogens is 765 g/mol. The van der Waals surface area contributed by atoms with Gasteiger partial charge in [0.05, 0.1) is 76.0 Å². The minimum Gasteiger partial charge on any atom is -0.496 e. The molecule has 4 aromatic carbocycles. The van der Waals surface area contributed by atoms with E-state index in [9.17, 15) is 18.0 Å². The predicted molar refractivity (Wildman–Crippen MR) is 225 cm³/mol. The van der Waals surface area contributed by atoms with E-state index in [1.807, 2.05) is 58.0 Å². The molecule has 0 bridgehead atoms. The van der Waals surface area contributed by atoms with Crippen LogP contribution in [0.4, 0.5) is 23.0 Å². The fourth-order valence-corrected chi connectivity index (χ4v) is 6.54. The molecule has 58 heavy (non-hydrogen) atoms. The molecule has 1 aromatic heterocycles. The number of nitrogens with one attached hydrogen (secondary N) is 4.